The van der Waals surface area contributed by atoms with Gasteiger partial charge < -0.3 is 45.9 Å². The Balaban J connectivity index is 0.00000253. The Morgan fingerprint density at radius 1 is 1.24 bits per heavy atom. The van der Waals surface area contributed by atoms with Crippen LogP contribution in [0, 0.1) is 0 Å². The van der Waals surface area contributed by atoms with Gasteiger partial charge in [0.1, 0.15) is 17.1 Å². The number of aromatic nitrogens is 1. The molecule has 5 N–H and O–H groups in total. The molecule has 1 saturated heterocycles. The normalized spacial score (nSPS) is 18.9. The van der Waals surface area contributed by atoms with E-state index in [1.54, 1.807) is 0 Å². The standard InChI is InChI=1S/C20H17N5O9S2.2Na/c21-20-22-8(6-36-20)12(24-34-14(19(32)33)7-1-2-10(26)11(27)5-7)15(28)23-13-16(29)25-9(18(30)31)3-4-35-17(13)25;;/h1-3,5-6,13-14,17,26-27H,4H2,(H2,21,22)(H,23,28)(H,30,31)(H,32,33);;/q;2*+1/p-2/b24-12-;;/t13-,14+,17-;;/m1../s1. The van der Waals surface area contributed by atoms with Gasteiger partial charge in [0.15, 0.2) is 28.4 Å². The maximum Gasteiger partial charge on any atom is 1.00 e. The topological polar surface area (TPSA) is 231 Å². The van der Waals surface area contributed by atoms with Gasteiger partial charge in [-0.15, -0.1) is 23.1 Å². The molecular formula is C20H15N5Na2O9S2. The largest absolute Gasteiger partial charge is 1.00 e. The zero-order valence-corrected chi connectivity index (χ0v) is 25.4. The molecule has 2 aromatic rings. The fourth-order valence-electron chi connectivity index (χ4n) is 3.39. The number of nitrogens with one attached hydrogen (secondary N) is 1. The van der Waals surface area contributed by atoms with E-state index in [-0.39, 0.29) is 87.0 Å². The number of β-lactam (4-membered cyclic amide) rings is 1. The summed E-state index contributed by atoms with van der Waals surface area (Å²) in [6, 6.07) is 1.96. The number of aliphatic carboxylic acids is 2. The third kappa shape index (κ3) is 6.45. The molecule has 1 aromatic carbocycles. The molecular weight excluding hydrogens is 564 g/mol. The number of thiazole rings is 1. The molecule has 0 aliphatic carbocycles. The Hall–Kier alpha value is -2.31. The first-order valence-electron chi connectivity index (χ1n) is 9.93. The van der Waals surface area contributed by atoms with Crippen molar-refractivity contribution in [3.63, 3.8) is 0 Å². The maximum atomic E-state index is 13.1. The zero-order valence-electron chi connectivity index (χ0n) is 19.8. The van der Waals surface area contributed by atoms with Gasteiger partial charge in [-0.1, -0.05) is 11.2 Å². The van der Waals surface area contributed by atoms with Gasteiger partial charge in [-0.2, -0.15) is 0 Å². The fraction of sp³-hybridized carbons (Fsp3) is 0.200. The second-order valence-corrected chi connectivity index (χ2v) is 9.36. The van der Waals surface area contributed by atoms with Gasteiger partial charge in [-0.05, 0) is 18.2 Å². The predicted octanol–water partition coefficient (Wildman–Crippen LogP) is -8.61. The Morgan fingerprint density at radius 3 is 2.53 bits per heavy atom. The summed E-state index contributed by atoms with van der Waals surface area (Å²) < 4.78 is 0. The van der Waals surface area contributed by atoms with E-state index in [0.29, 0.717) is 0 Å². The zero-order chi connectivity index (χ0) is 26.1. The molecule has 3 heterocycles. The minimum atomic E-state index is -1.90. The average Bonchev–Trinajstić information content (AvgIpc) is 3.26. The number of carboxylic acid groups (broad SMARTS) is 2. The van der Waals surface area contributed by atoms with Crippen molar-refractivity contribution in [1.82, 2.24) is 15.2 Å². The van der Waals surface area contributed by atoms with Crippen LogP contribution in [-0.4, -0.2) is 66.7 Å². The first-order valence-corrected chi connectivity index (χ1v) is 11.9. The first kappa shape index (κ1) is 31.9. The molecule has 0 saturated carbocycles. The van der Waals surface area contributed by atoms with Crippen LogP contribution in [0.15, 0.2) is 40.5 Å². The summed E-state index contributed by atoms with van der Waals surface area (Å²) in [5.74, 6) is -5.83. The molecule has 2 aliphatic rings. The second-order valence-electron chi connectivity index (χ2n) is 7.32. The number of aromatic hydroxyl groups is 2. The van der Waals surface area contributed by atoms with E-state index in [0.717, 1.165) is 34.4 Å². The third-order valence-corrected chi connectivity index (χ3v) is 6.94. The summed E-state index contributed by atoms with van der Waals surface area (Å²) >= 11 is 2.16. The summed E-state index contributed by atoms with van der Waals surface area (Å²) in [4.78, 5) is 58.5. The smallest absolute Gasteiger partial charge is 0.546 e. The molecule has 2 aliphatic heterocycles. The SMILES string of the molecule is Nc1nc(/C(=N/O[C@H](C(=O)[O-])c2ccc(O)c(O)c2)C(=O)N[C@@H]2C(=O)N3C(C(=O)[O-])=CCS[C@H]23)cs1.[Na+].[Na+]. The molecule has 18 heteroatoms. The molecule has 0 unspecified atom stereocenters. The molecule has 2 amide bonds. The number of hydrogen-bond acceptors (Lipinski definition) is 14. The number of fused-ring (bicyclic) bond motifs is 1. The molecule has 4 rings (SSSR count). The number of hydrogen-bond donors (Lipinski definition) is 4. The Morgan fingerprint density at radius 2 is 1.95 bits per heavy atom. The molecule has 1 fully saturated rings. The number of carbonyl (C=O) groups is 4. The maximum absolute atomic E-state index is 13.1. The summed E-state index contributed by atoms with van der Waals surface area (Å²) in [6.45, 7) is 0. The van der Waals surface area contributed by atoms with Crippen molar-refractivity contribution in [2.45, 2.75) is 17.5 Å². The molecule has 3 atom stereocenters. The van der Waals surface area contributed by atoms with Gasteiger partial charge in [0.2, 0.25) is 0 Å². The minimum Gasteiger partial charge on any atom is -0.546 e. The predicted molar refractivity (Wildman–Crippen MR) is 120 cm³/mol. The van der Waals surface area contributed by atoms with Crippen LogP contribution in [0.3, 0.4) is 0 Å². The van der Waals surface area contributed by atoms with Crippen LogP contribution < -0.4 is 80.4 Å². The van der Waals surface area contributed by atoms with Crippen LogP contribution in [0.1, 0.15) is 17.4 Å². The van der Waals surface area contributed by atoms with Crippen LogP contribution in [0.4, 0.5) is 5.13 Å². The number of amides is 2. The number of thioether (sulfide) groups is 1. The molecule has 38 heavy (non-hydrogen) atoms. The number of rotatable bonds is 8. The molecule has 1 aromatic heterocycles. The van der Waals surface area contributed by atoms with Crippen molar-refractivity contribution in [3.8, 4) is 11.5 Å². The number of phenolic OH excluding ortho intramolecular Hbond substituents is 2. The van der Waals surface area contributed by atoms with Crippen LogP contribution in [-0.2, 0) is 24.0 Å². The van der Waals surface area contributed by atoms with Crippen molar-refractivity contribution in [2.24, 2.45) is 5.16 Å². The molecule has 0 radical (unpaired) electrons. The van der Waals surface area contributed by atoms with E-state index in [4.69, 9.17) is 10.6 Å². The fourth-order valence-corrected chi connectivity index (χ4v) is 5.13. The van der Waals surface area contributed by atoms with Gasteiger partial charge in [0.25, 0.3) is 11.8 Å². The van der Waals surface area contributed by atoms with E-state index in [2.05, 4.69) is 15.5 Å². The van der Waals surface area contributed by atoms with Crippen molar-refractivity contribution in [3.05, 3.63) is 46.6 Å². The van der Waals surface area contributed by atoms with E-state index >= 15 is 0 Å². The number of nitrogen functional groups attached to an aromatic ring is 1. The molecule has 14 nitrogen and oxygen atoms in total. The van der Waals surface area contributed by atoms with Gasteiger partial charge >= 0.3 is 59.1 Å². The number of nitrogens with two attached hydrogens (primary N) is 1. The number of oxime groups is 1. The molecule has 188 valence electrons. The minimum absolute atomic E-state index is 0. The number of carboxylic acids is 2. The van der Waals surface area contributed by atoms with Crippen LogP contribution in [0.2, 0.25) is 0 Å². The number of carbonyl (C=O) groups excluding carboxylic acids is 4. The van der Waals surface area contributed by atoms with Crippen molar-refractivity contribution >= 4 is 57.7 Å². The van der Waals surface area contributed by atoms with Gasteiger partial charge in [0, 0.05) is 16.7 Å². The van der Waals surface area contributed by atoms with E-state index in [9.17, 15) is 39.6 Å². The van der Waals surface area contributed by atoms with Crippen molar-refractivity contribution in [2.75, 3.05) is 11.5 Å². The Labute approximate surface area is 266 Å². The summed E-state index contributed by atoms with van der Waals surface area (Å²) in [5.41, 5.74) is 4.56. The first-order chi connectivity index (χ1) is 17.1. The molecule has 0 spiro atoms. The van der Waals surface area contributed by atoms with Crippen LogP contribution in [0.5, 0.6) is 11.5 Å². The van der Waals surface area contributed by atoms with Gasteiger partial charge in [0.05, 0.1) is 17.6 Å². The molecule has 0 bridgehead atoms. The number of nitrogens with zero attached hydrogens (tertiary/aromatic N) is 3. The van der Waals surface area contributed by atoms with E-state index in [1.165, 1.54) is 23.2 Å². The van der Waals surface area contributed by atoms with Gasteiger partial charge in [-0.25, -0.2) is 4.98 Å². The number of anilines is 1. The summed E-state index contributed by atoms with van der Waals surface area (Å²) in [7, 11) is 0. The Kier molecular flexibility index (Phi) is 11.1. The summed E-state index contributed by atoms with van der Waals surface area (Å²) in [6.07, 6.45) is -0.576. The van der Waals surface area contributed by atoms with E-state index < -0.39 is 58.5 Å². The number of phenols is 2. The van der Waals surface area contributed by atoms with E-state index in [1.807, 2.05) is 0 Å². The van der Waals surface area contributed by atoms with Crippen LogP contribution >= 0.6 is 23.1 Å². The number of benzene rings is 1. The third-order valence-electron chi connectivity index (χ3n) is 5.09. The second kappa shape index (κ2) is 13.2. The monoisotopic (exact) mass is 579 g/mol. The quantitative estimate of drug-likeness (QED) is 0.0751. The van der Waals surface area contributed by atoms with Gasteiger partial charge in [-0.3, -0.25) is 14.5 Å². The van der Waals surface area contributed by atoms with Crippen molar-refractivity contribution < 1.29 is 104 Å². The van der Waals surface area contributed by atoms with Crippen LogP contribution in [0.25, 0.3) is 0 Å². The summed E-state index contributed by atoms with van der Waals surface area (Å²) in [5, 5.41) is 48.8. The average molecular weight is 579 g/mol. The van der Waals surface area contributed by atoms with Crippen molar-refractivity contribution in [1.29, 1.82) is 0 Å². The Bertz CT molecular complexity index is 1340.